The molecule has 1 aromatic heterocycles. The summed E-state index contributed by atoms with van der Waals surface area (Å²) in [6.07, 6.45) is 4.57. The summed E-state index contributed by atoms with van der Waals surface area (Å²) in [5, 5.41) is 0. The molecule has 1 aromatic carbocycles. The fourth-order valence-electron chi connectivity index (χ4n) is 3.28. The summed E-state index contributed by atoms with van der Waals surface area (Å²) in [5.74, 6) is -0.132. The lowest BCUT2D eigenvalue weighted by molar-refractivity contribution is -0.132. The second-order valence-electron chi connectivity index (χ2n) is 7.51. The predicted molar refractivity (Wildman–Crippen MR) is 109 cm³/mol. The number of sulfonamides is 1. The Kier molecular flexibility index (Phi) is 6.25. The molecule has 1 amide bonds. The summed E-state index contributed by atoms with van der Waals surface area (Å²) in [6.45, 7) is 4.55. The summed E-state index contributed by atoms with van der Waals surface area (Å²) in [6, 6.07) is 11.0. The topological polar surface area (TPSA) is 62.6 Å². The molecule has 7 heteroatoms. The van der Waals surface area contributed by atoms with Gasteiger partial charge < -0.3 is 9.47 Å². The van der Waals surface area contributed by atoms with Crippen molar-refractivity contribution in [1.82, 2.24) is 13.8 Å². The van der Waals surface area contributed by atoms with Gasteiger partial charge in [0.2, 0.25) is 15.9 Å². The molecule has 28 heavy (non-hydrogen) atoms. The highest BCUT2D eigenvalue weighted by Crippen LogP contribution is 2.29. The van der Waals surface area contributed by atoms with Gasteiger partial charge in [0.25, 0.3) is 0 Å². The fourth-order valence-corrected chi connectivity index (χ4v) is 4.76. The Balaban J connectivity index is 1.79. The van der Waals surface area contributed by atoms with Crippen LogP contribution in [0.1, 0.15) is 37.4 Å². The van der Waals surface area contributed by atoms with Crippen LogP contribution in [0.3, 0.4) is 0 Å². The standard InChI is InChI=1S/C21H29N3O3S/c1-4-13-23(28(26,27)20-11-7-17(2)8-12-20)16-21(25)24(18-9-10-18)15-19-6-5-14-22(19)3/h5-8,11-12,14,18H,4,9-10,13,15-16H2,1-3H3. The molecule has 0 N–H and O–H groups in total. The van der Waals surface area contributed by atoms with Gasteiger partial charge in [-0.25, -0.2) is 8.42 Å². The van der Waals surface area contributed by atoms with Crippen LogP contribution < -0.4 is 0 Å². The molecule has 0 radical (unpaired) electrons. The van der Waals surface area contributed by atoms with Crippen LogP contribution in [-0.2, 0) is 28.4 Å². The van der Waals surface area contributed by atoms with Crippen molar-refractivity contribution in [3.8, 4) is 0 Å². The first-order valence-electron chi connectivity index (χ1n) is 9.79. The lowest BCUT2D eigenvalue weighted by Gasteiger charge is -2.27. The van der Waals surface area contributed by atoms with Crippen molar-refractivity contribution >= 4 is 15.9 Å². The van der Waals surface area contributed by atoms with Gasteiger partial charge in [-0.1, -0.05) is 24.6 Å². The summed E-state index contributed by atoms with van der Waals surface area (Å²) in [7, 11) is -1.75. The van der Waals surface area contributed by atoms with Crippen molar-refractivity contribution in [2.75, 3.05) is 13.1 Å². The summed E-state index contributed by atoms with van der Waals surface area (Å²) < 4.78 is 29.5. The molecule has 152 valence electrons. The number of carbonyl (C=O) groups excluding carboxylic acids is 1. The Morgan fingerprint density at radius 1 is 1.18 bits per heavy atom. The zero-order valence-corrected chi connectivity index (χ0v) is 17.7. The molecule has 2 aromatic rings. The normalized spacial score (nSPS) is 14.4. The van der Waals surface area contributed by atoms with Gasteiger partial charge in [-0.3, -0.25) is 4.79 Å². The second-order valence-corrected chi connectivity index (χ2v) is 9.45. The molecule has 0 spiro atoms. The van der Waals surface area contributed by atoms with Gasteiger partial charge in [0.05, 0.1) is 18.0 Å². The van der Waals surface area contributed by atoms with Crippen molar-refractivity contribution < 1.29 is 13.2 Å². The molecule has 1 aliphatic rings. The molecule has 1 fully saturated rings. The van der Waals surface area contributed by atoms with Gasteiger partial charge in [-0.05, 0) is 50.5 Å². The van der Waals surface area contributed by atoms with E-state index >= 15 is 0 Å². The molecule has 3 rings (SSSR count). The number of carbonyl (C=O) groups is 1. The molecular formula is C21H29N3O3S. The lowest BCUT2D eigenvalue weighted by Crippen LogP contribution is -2.44. The van der Waals surface area contributed by atoms with E-state index in [0.717, 1.165) is 24.1 Å². The van der Waals surface area contributed by atoms with Crippen LogP contribution in [0.5, 0.6) is 0 Å². The lowest BCUT2D eigenvalue weighted by atomic mass is 10.2. The molecule has 0 aliphatic heterocycles. The number of hydrogen-bond acceptors (Lipinski definition) is 3. The van der Waals surface area contributed by atoms with E-state index in [-0.39, 0.29) is 23.4 Å². The molecule has 1 heterocycles. The molecular weight excluding hydrogens is 374 g/mol. The first-order chi connectivity index (χ1) is 13.3. The van der Waals surface area contributed by atoms with Gasteiger partial charge in [-0.2, -0.15) is 4.31 Å². The van der Waals surface area contributed by atoms with Gasteiger partial charge in [0, 0.05) is 31.5 Å². The Bertz CT molecular complexity index is 915. The minimum Gasteiger partial charge on any atom is -0.353 e. The van der Waals surface area contributed by atoms with E-state index in [1.54, 1.807) is 24.3 Å². The largest absolute Gasteiger partial charge is 0.353 e. The molecule has 0 atom stereocenters. The average Bonchev–Trinajstić information content (AvgIpc) is 3.42. The zero-order chi connectivity index (χ0) is 20.3. The Morgan fingerprint density at radius 3 is 2.39 bits per heavy atom. The Morgan fingerprint density at radius 2 is 1.86 bits per heavy atom. The van der Waals surface area contributed by atoms with E-state index in [0.29, 0.717) is 19.5 Å². The highest BCUT2D eigenvalue weighted by atomic mass is 32.2. The van der Waals surface area contributed by atoms with Crippen LogP contribution in [0.4, 0.5) is 0 Å². The number of hydrogen-bond donors (Lipinski definition) is 0. The van der Waals surface area contributed by atoms with Crippen molar-refractivity contribution in [1.29, 1.82) is 0 Å². The summed E-state index contributed by atoms with van der Waals surface area (Å²) >= 11 is 0. The van der Waals surface area contributed by atoms with Crippen LogP contribution in [-0.4, -0.2) is 47.2 Å². The minimum atomic E-state index is -3.70. The second kappa shape index (κ2) is 8.49. The SMILES string of the molecule is CCCN(CC(=O)N(Cc1cccn1C)C1CC1)S(=O)(=O)c1ccc(C)cc1. The van der Waals surface area contributed by atoms with Crippen LogP contribution in [0.25, 0.3) is 0 Å². The highest BCUT2D eigenvalue weighted by molar-refractivity contribution is 7.89. The molecule has 0 saturated heterocycles. The molecule has 1 aliphatic carbocycles. The van der Waals surface area contributed by atoms with E-state index in [1.807, 2.05) is 48.7 Å². The quantitative estimate of drug-likeness (QED) is 0.647. The third-order valence-corrected chi connectivity index (χ3v) is 6.99. The third kappa shape index (κ3) is 4.64. The predicted octanol–water partition coefficient (Wildman–Crippen LogP) is 2.93. The number of amides is 1. The summed E-state index contributed by atoms with van der Waals surface area (Å²) in [4.78, 5) is 15.2. The third-order valence-electron chi connectivity index (χ3n) is 5.14. The maximum absolute atomic E-state index is 13.1. The maximum Gasteiger partial charge on any atom is 0.243 e. The van der Waals surface area contributed by atoms with Crippen molar-refractivity contribution in [2.45, 2.75) is 50.6 Å². The highest BCUT2D eigenvalue weighted by Gasteiger charge is 2.35. The number of rotatable bonds is 9. The molecule has 6 nitrogen and oxygen atoms in total. The van der Waals surface area contributed by atoms with E-state index in [2.05, 4.69) is 0 Å². The molecule has 0 unspecified atom stereocenters. The number of aryl methyl sites for hydroxylation is 2. The van der Waals surface area contributed by atoms with Crippen LogP contribution in [0.2, 0.25) is 0 Å². The first-order valence-corrected chi connectivity index (χ1v) is 11.2. The smallest absolute Gasteiger partial charge is 0.243 e. The first kappa shape index (κ1) is 20.6. The zero-order valence-electron chi connectivity index (χ0n) is 16.8. The fraction of sp³-hybridized carbons (Fsp3) is 0.476. The van der Waals surface area contributed by atoms with Crippen LogP contribution in [0, 0.1) is 6.92 Å². The van der Waals surface area contributed by atoms with Crippen LogP contribution >= 0.6 is 0 Å². The number of nitrogens with zero attached hydrogens (tertiary/aromatic N) is 3. The van der Waals surface area contributed by atoms with E-state index in [9.17, 15) is 13.2 Å². The maximum atomic E-state index is 13.1. The van der Waals surface area contributed by atoms with Crippen molar-refractivity contribution in [2.24, 2.45) is 7.05 Å². The van der Waals surface area contributed by atoms with Gasteiger partial charge in [0.1, 0.15) is 0 Å². The van der Waals surface area contributed by atoms with Gasteiger partial charge in [-0.15, -0.1) is 0 Å². The average molecular weight is 404 g/mol. The van der Waals surface area contributed by atoms with Gasteiger partial charge >= 0.3 is 0 Å². The van der Waals surface area contributed by atoms with Crippen molar-refractivity contribution in [3.05, 3.63) is 53.9 Å². The van der Waals surface area contributed by atoms with Gasteiger partial charge in [0.15, 0.2) is 0 Å². The minimum absolute atomic E-state index is 0.120. The van der Waals surface area contributed by atoms with Crippen molar-refractivity contribution in [3.63, 3.8) is 0 Å². The van der Waals surface area contributed by atoms with E-state index < -0.39 is 10.0 Å². The number of aromatic nitrogens is 1. The van der Waals surface area contributed by atoms with E-state index in [4.69, 9.17) is 0 Å². The molecule has 0 bridgehead atoms. The van der Waals surface area contributed by atoms with Crippen LogP contribution in [0.15, 0.2) is 47.5 Å². The number of benzene rings is 1. The Labute approximate surface area is 167 Å². The Hall–Kier alpha value is -2.12. The summed E-state index contributed by atoms with van der Waals surface area (Å²) in [5.41, 5.74) is 2.04. The van der Waals surface area contributed by atoms with E-state index in [1.165, 1.54) is 4.31 Å². The molecule has 1 saturated carbocycles. The monoisotopic (exact) mass is 403 g/mol.